The Kier molecular flexibility index (Phi) is 4.49. The highest BCUT2D eigenvalue weighted by Gasteiger charge is 2.34. The first-order valence-electron chi connectivity index (χ1n) is 8.92. The number of hydrogen-bond acceptors (Lipinski definition) is 5. The van der Waals surface area contributed by atoms with Crippen molar-refractivity contribution >= 4 is 17.3 Å². The fourth-order valence-corrected chi connectivity index (χ4v) is 3.65. The lowest BCUT2D eigenvalue weighted by molar-refractivity contribution is 0.0437. The van der Waals surface area contributed by atoms with Crippen LogP contribution in [0.1, 0.15) is 36.7 Å². The van der Waals surface area contributed by atoms with Crippen LogP contribution in [0, 0.1) is 0 Å². The standard InChI is InChI=1S/C20H24ClN5/c1-20(2)13-23-19-17-6-4-3-5-16(17)18(14-7-9-15(21)10-8-14)24-25(19)11-12-26(20)22/h3-10,19,23H,11-13,22H2,1-2H3. The van der Waals surface area contributed by atoms with Crippen molar-refractivity contribution in [1.29, 1.82) is 0 Å². The third-order valence-electron chi connectivity index (χ3n) is 5.23. The van der Waals surface area contributed by atoms with Crippen molar-refractivity contribution in [2.75, 3.05) is 19.6 Å². The van der Waals surface area contributed by atoms with Gasteiger partial charge in [-0.2, -0.15) is 5.10 Å². The second kappa shape index (κ2) is 6.67. The molecule has 0 spiro atoms. The maximum atomic E-state index is 6.26. The van der Waals surface area contributed by atoms with E-state index in [1.165, 1.54) is 5.56 Å². The molecule has 0 amide bonds. The first-order chi connectivity index (χ1) is 12.5. The molecule has 2 aromatic carbocycles. The molecule has 0 aromatic heterocycles. The van der Waals surface area contributed by atoms with Gasteiger partial charge in [0.15, 0.2) is 0 Å². The zero-order chi connectivity index (χ0) is 18.3. The van der Waals surface area contributed by atoms with Crippen LogP contribution in [0.4, 0.5) is 0 Å². The molecule has 2 aliphatic heterocycles. The van der Waals surface area contributed by atoms with Crippen LogP contribution in [0.3, 0.4) is 0 Å². The number of nitrogens with zero attached hydrogens (tertiary/aromatic N) is 3. The largest absolute Gasteiger partial charge is 0.290 e. The highest BCUT2D eigenvalue weighted by atomic mass is 35.5. The average Bonchev–Trinajstić information content (AvgIpc) is 2.64. The first kappa shape index (κ1) is 17.5. The third kappa shape index (κ3) is 3.12. The maximum absolute atomic E-state index is 6.26. The van der Waals surface area contributed by atoms with Crippen molar-refractivity contribution in [3.05, 3.63) is 70.2 Å². The molecule has 0 saturated carbocycles. The first-order valence-corrected chi connectivity index (χ1v) is 9.30. The molecule has 1 unspecified atom stereocenters. The Bertz CT molecular complexity index is 830. The summed E-state index contributed by atoms with van der Waals surface area (Å²) in [5, 5.41) is 13.4. The molecule has 2 aliphatic rings. The van der Waals surface area contributed by atoms with Gasteiger partial charge >= 0.3 is 0 Å². The summed E-state index contributed by atoms with van der Waals surface area (Å²) in [4.78, 5) is 0. The molecule has 26 heavy (non-hydrogen) atoms. The van der Waals surface area contributed by atoms with Gasteiger partial charge in [0.25, 0.3) is 0 Å². The van der Waals surface area contributed by atoms with Crippen LogP contribution in [0.15, 0.2) is 53.6 Å². The van der Waals surface area contributed by atoms with Gasteiger partial charge in [-0.1, -0.05) is 48.0 Å². The number of hydrazone groups is 1. The zero-order valence-corrected chi connectivity index (χ0v) is 15.9. The van der Waals surface area contributed by atoms with Crippen molar-refractivity contribution in [2.24, 2.45) is 10.9 Å². The smallest absolute Gasteiger partial charge is 0.123 e. The van der Waals surface area contributed by atoms with Gasteiger partial charge in [-0.25, -0.2) is 5.01 Å². The molecule has 0 radical (unpaired) electrons. The highest BCUT2D eigenvalue weighted by Crippen LogP contribution is 2.31. The van der Waals surface area contributed by atoms with E-state index in [0.717, 1.165) is 41.5 Å². The number of nitrogens with two attached hydrogens (primary N) is 1. The summed E-state index contributed by atoms with van der Waals surface area (Å²) < 4.78 is 0. The van der Waals surface area contributed by atoms with E-state index in [4.69, 9.17) is 22.5 Å². The van der Waals surface area contributed by atoms with E-state index in [1.54, 1.807) is 0 Å². The van der Waals surface area contributed by atoms with E-state index >= 15 is 0 Å². The highest BCUT2D eigenvalue weighted by molar-refractivity contribution is 6.30. The normalized spacial score (nSPS) is 22.7. The Morgan fingerprint density at radius 2 is 1.85 bits per heavy atom. The zero-order valence-electron chi connectivity index (χ0n) is 15.1. The Labute approximate surface area is 159 Å². The Balaban J connectivity index is 1.77. The van der Waals surface area contributed by atoms with Gasteiger partial charge in [0.1, 0.15) is 6.17 Å². The third-order valence-corrected chi connectivity index (χ3v) is 5.48. The number of hydrogen-bond donors (Lipinski definition) is 2. The summed E-state index contributed by atoms with van der Waals surface area (Å²) in [6.07, 6.45) is 0.0511. The van der Waals surface area contributed by atoms with E-state index in [1.807, 2.05) is 29.3 Å². The summed E-state index contributed by atoms with van der Waals surface area (Å²) in [7, 11) is 0. The van der Waals surface area contributed by atoms with Gasteiger partial charge in [-0.3, -0.25) is 16.2 Å². The molecule has 2 heterocycles. The van der Waals surface area contributed by atoms with E-state index in [9.17, 15) is 0 Å². The van der Waals surface area contributed by atoms with Gasteiger partial charge in [-0.15, -0.1) is 0 Å². The van der Waals surface area contributed by atoms with Crippen molar-refractivity contribution in [3.63, 3.8) is 0 Å². The van der Waals surface area contributed by atoms with Crippen LogP contribution < -0.4 is 11.2 Å². The molecule has 0 aliphatic carbocycles. The van der Waals surface area contributed by atoms with Crippen molar-refractivity contribution in [3.8, 4) is 0 Å². The molecule has 1 saturated heterocycles. The van der Waals surface area contributed by atoms with E-state index in [2.05, 4.69) is 48.4 Å². The fraction of sp³-hybridized carbons (Fsp3) is 0.350. The van der Waals surface area contributed by atoms with Gasteiger partial charge < -0.3 is 0 Å². The number of rotatable bonds is 1. The maximum Gasteiger partial charge on any atom is 0.123 e. The molecule has 4 rings (SSSR count). The van der Waals surface area contributed by atoms with Crippen molar-refractivity contribution in [2.45, 2.75) is 25.6 Å². The molecule has 3 N–H and O–H groups in total. The molecular weight excluding hydrogens is 346 g/mol. The van der Waals surface area contributed by atoms with Crippen LogP contribution in [-0.4, -0.2) is 40.9 Å². The molecular formula is C20H24ClN5. The number of hydrazine groups is 1. The van der Waals surface area contributed by atoms with Gasteiger partial charge in [-0.05, 0) is 31.5 Å². The number of halogens is 1. The number of benzene rings is 2. The second-order valence-electron chi connectivity index (χ2n) is 7.50. The number of fused-ring (bicyclic) bond motifs is 3. The van der Waals surface area contributed by atoms with Crippen molar-refractivity contribution < 1.29 is 0 Å². The summed E-state index contributed by atoms with van der Waals surface area (Å²) in [5.74, 6) is 6.26. The molecule has 5 nitrogen and oxygen atoms in total. The van der Waals surface area contributed by atoms with Gasteiger partial charge in [0.05, 0.1) is 12.3 Å². The van der Waals surface area contributed by atoms with Crippen LogP contribution >= 0.6 is 11.6 Å². The fourth-order valence-electron chi connectivity index (χ4n) is 3.53. The molecule has 2 aromatic rings. The summed E-state index contributed by atoms with van der Waals surface area (Å²) in [6.45, 7) is 6.61. The van der Waals surface area contributed by atoms with Crippen LogP contribution in [0.2, 0.25) is 5.02 Å². The molecule has 0 bridgehead atoms. The monoisotopic (exact) mass is 369 g/mol. The van der Waals surface area contributed by atoms with Gasteiger partial charge in [0, 0.05) is 34.8 Å². The summed E-state index contributed by atoms with van der Waals surface area (Å²) in [6, 6.07) is 16.3. The predicted octanol–water partition coefficient (Wildman–Crippen LogP) is 2.96. The Hall–Kier alpha value is -1.92. The quantitative estimate of drug-likeness (QED) is 0.759. The Morgan fingerprint density at radius 1 is 1.12 bits per heavy atom. The number of nitrogens with one attached hydrogen (secondary N) is 1. The average molecular weight is 370 g/mol. The van der Waals surface area contributed by atoms with E-state index in [-0.39, 0.29) is 11.7 Å². The minimum absolute atomic E-state index is 0.0511. The predicted molar refractivity (Wildman–Crippen MR) is 106 cm³/mol. The van der Waals surface area contributed by atoms with Crippen molar-refractivity contribution in [1.82, 2.24) is 15.3 Å². The lowest BCUT2D eigenvalue weighted by Gasteiger charge is -2.44. The minimum Gasteiger partial charge on any atom is -0.290 e. The second-order valence-corrected chi connectivity index (χ2v) is 7.93. The van der Waals surface area contributed by atoms with Crippen LogP contribution in [0.25, 0.3) is 0 Å². The molecule has 1 atom stereocenters. The summed E-state index contributed by atoms with van der Waals surface area (Å²) >= 11 is 6.06. The lowest BCUT2D eigenvalue weighted by atomic mass is 9.93. The molecule has 6 heteroatoms. The van der Waals surface area contributed by atoms with E-state index in [0.29, 0.717) is 0 Å². The van der Waals surface area contributed by atoms with Gasteiger partial charge in [0.2, 0.25) is 0 Å². The topological polar surface area (TPSA) is 56.9 Å². The lowest BCUT2D eigenvalue weighted by Crippen LogP contribution is -2.60. The van der Waals surface area contributed by atoms with Crippen LogP contribution in [0.5, 0.6) is 0 Å². The minimum atomic E-state index is -0.110. The van der Waals surface area contributed by atoms with E-state index < -0.39 is 0 Å². The summed E-state index contributed by atoms with van der Waals surface area (Å²) in [5.41, 5.74) is 4.33. The Morgan fingerprint density at radius 3 is 2.62 bits per heavy atom. The SMILES string of the molecule is CC1(C)CNC2c3ccccc3C(c3ccc(Cl)cc3)=NN2CCN1N. The molecule has 1 fully saturated rings. The van der Waals surface area contributed by atoms with Crippen LogP contribution in [-0.2, 0) is 0 Å². The molecule has 136 valence electrons.